The second kappa shape index (κ2) is 21.9. The molecule has 1 aliphatic rings. The molecule has 0 spiro atoms. The molecule has 13 nitrogen and oxygen atoms in total. The van der Waals surface area contributed by atoms with Crippen molar-refractivity contribution in [2.75, 3.05) is 51.5 Å². The lowest BCUT2D eigenvalue weighted by Crippen LogP contribution is -2.42. The molecular weight excluding hydrogens is 879 g/mol. The number of methoxy groups -OCH3 is 2. The molecule has 0 aliphatic carbocycles. The fourth-order valence-electron chi connectivity index (χ4n) is 7.75. The standard InChI is InChI=1S/C53H60F2N2O11/c1-32-33(2)48-42(34(3)47(32)65-31-61-9)25-26-53(7,67-48)30-64-41-23-24-43(44(28-41)57(8)51(60)68-52(4,5)6)56-46(58)29-63-40-21-11-35(12-22-40)27-45(50(59)62-10)66-49(36-13-17-38(54)18-14-36)37-15-19-39(55)20-16-37/h11-24,28,45,49H,25-27,29-31H2,1-10H3,(H,56,58). The van der Waals surface area contributed by atoms with Crippen molar-refractivity contribution in [1.29, 1.82) is 0 Å². The number of anilines is 2. The quantitative estimate of drug-likeness (QED) is 0.0663. The minimum Gasteiger partial charge on any atom is -0.489 e. The van der Waals surface area contributed by atoms with Crippen LogP contribution in [-0.2, 0) is 41.4 Å². The number of nitrogens with one attached hydrogen (secondary N) is 1. The Morgan fingerprint density at radius 2 is 1.43 bits per heavy atom. The number of hydrogen-bond donors (Lipinski definition) is 1. The average molecular weight is 939 g/mol. The highest BCUT2D eigenvalue weighted by Crippen LogP contribution is 2.44. The number of carbonyl (C=O) groups excluding carboxylic acids is 3. The first-order valence-corrected chi connectivity index (χ1v) is 22.2. The van der Waals surface area contributed by atoms with E-state index in [9.17, 15) is 23.2 Å². The number of rotatable bonds is 18. The zero-order chi connectivity index (χ0) is 49.3. The number of amides is 2. The summed E-state index contributed by atoms with van der Waals surface area (Å²) in [5, 5.41) is 2.85. The molecule has 2 unspecified atom stereocenters. The first-order chi connectivity index (χ1) is 32.3. The van der Waals surface area contributed by atoms with Crippen molar-refractivity contribution in [2.45, 2.75) is 91.1 Å². The SMILES string of the molecule is COCOc1c(C)c(C)c2c(c1C)CCC(C)(COc1ccc(NC(=O)COc3ccc(CC(OC(c4ccc(F)cc4)c4ccc(F)cc4)C(=O)OC)cc3)c(N(C)C(=O)OC(C)(C)C)c1)O2. The van der Waals surface area contributed by atoms with Gasteiger partial charge in [0, 0.05) is 32.2 Å². The summed E-state index contributed by atoms with van der Waals surface area (Å²) < 4.78 is 74.7. The molecule has 0 saturated heterocycles. The number of ether oxygens (including phenoxy) is 8. The molecule has 5 aromatic rings. The highest BCUT2D eigenvalue weighted by molar-refractivity contribution is 5.99. The molecule has 1 N–H and O–H groups in total. The Morgan fingerprint density at radius 1 is 0.809 bits per heavy atom. The van der Waals surface area contributed by atoms with Crippen LogP contribution in [0.1, 0.15) is 79.2 Å². The maximum Gasteiger partial charge on any atom is 0.414 e. The van der Waals surface area contributed by atoms with E-state index in [4.69, 9.17) is 37.9 Å². The van der Waals surface area contributed by atoms with E-state index >= 15 is 0 Å². The maximum absolute atomic E-state index is 13.8. The average Bonchev–Trinajstić information content (AvgIpc) is 3.31. The van der Waals surface area contributed by atoms with E-state index in [1.165, 1.54) is 60.5 Å². The van der Waals surface area contributed by atoms with Gasteiger partial charge in [-0.05, 0) is 143 Å². The van der Waals surface area contributed by atoms with Crippen molar-refractivity contribution in [1.82, 2.24) is 0 Å². The van der Waals surface area contributed by atoms with Crippen molar-refractivity contribution in [2.24, 2.45) is 0 Å². The third-order valence-corrected chi connectivity index (χ3v) is 11.5. The summed E-state index contributed by atoms with van der Waals surface area (Å²) >= 11 is 0. The summed E-state index contributed by atoms with van der Waals surface area (Å²) in [5.41, 5.74) is 5.03. The Morgan fingerprint density at radius 3 is 2.01 bits per heavy atom. The number of carbonyl (C=O) groups is 3. The van der Waals surface area contributed by atoms with Gasteiger partial charge in [-0.25, -0.2) is 18.4 Å². The number of nitrogens with zero attached hydrogens (tertiary/aromatic N) is 1. The number of benzene rings is 5. The van der Waals surface area contributed by atoms with Crippen LogP contribution in [0.5, 0.6) is 23.0 Å². The normalized spacial score (nSPS) is 14.8. The zero-order valence-corrected chi connectivity index (χ0v) is 40.3. The summed E-state index contributed by atoms with van der Waals surface area (Å²) in [6.07, 6.45) is -1.07. The number of esters is 1. The van der Waals surface area contributed by atoms with Crippen LogP contribution >= 0.6 is 0 Å². The van der Waals surface area contributed by atoms with Gasteiger partial charge in [0.05, 0.1) is 18.5 Å². The van der Waals surface area contributed by atoms with Crippen LogP contribution in [0.15, 0.2) is 91.0 Å². The summed E-state index contributed by atoms with van der Waals surface area (Å²) in [5.74, 6) is 0.386. The zero-order valence-electron chi connectivity index (χ0n) is 40.3. The Kier molecular flexibility index (Phi) is 16.4. The Balaban J connectivity index is 1.12. The molecule has 0 aromatic heterocycles. The summed E-state index contributed by atoms with van der Waals surface area (Å²) in [6, 6.07) is 23.0. The van der Waals surface area contributed by atoms with Crippen LogP contribution in [-0.4, -0.2) is 76.5 Å². The molecule has 2 atom stereocenters. The van der Waals surface area contributed by atoms with Gasteiger partial charge in [-0.15, -0.1) is 0 Å². The fourth-order valence-corrected chi connectivity index (χ4v) is 7.75. The van der Waals surface area contributed by atoms with Gasteiger partial charge < -0.3 is 43.2 Å². The van der Waals surface area contributed by atoms with Gasteiger partial charge in [-0.2, -0.15) is 0 Å². The maximum atomic E-state index is 13.8. The van der Waals surface area contributed by atoms with E-state index in [1.54, 1.807) is 77.4 Å². The molecule has 0 saturated carbocycles. The van der Waals surface area contributed by atoms with Crippen LogP contribution in [0.25, 0.3) is 0 Å². The largest absolute Gasteiger partial charge is 0.489 e. The molecule has 1 heterocycles. The highest BCUT2D eigenvalue weighted by Gasteiger charge is 2.36. The molecule has 0 bridgehead atoms. The Hall–Kier alpha value is -6.71. The molecule has 2 amide bonds. The summed E-state index contributed by atoms with van der Waals surface area (Å²) in [4.78, 5) is 41.1. The fraction of sp³-hybridized carbons (Fsp3) is 0.377. The summed E-state index contributed by atoms with van der Waals surface area (Å²) in [6.45, 7) is 13.3. The van der Waals surface area contributed by atoms with E-state index in [2.05, 4.69) is 5.32 Å². The lowest BCUT2D eigenvalue weighted by atomic mass is 9.87. The molecule has 0 fully saturated rings. The van der Waals surface area contributed by atoms with E-state index in [-0.39, 0.29) is 26.4 Å². The van der Waals surface area contributed by atoms with Crippen molar-refractivity contribution < 1.29 is 61.1 Å². The van der Waals surface area contributed by atoms with Crippen LogP contribution in [0.3, 0.4) is 0 Å². The molecule has 15 heteroatoms. The minimum absolute atomic E-state index is 0.0888. The van der Waals surface area contributed by atoms with E-state index < -0.39 is 53.0 Å². The Bertz CT molecular complexity index is 2520. The van der Waals surface area contributed by atoms with Crippen LogP contribution in [0, 0.1) is 32.4 Å². The smallest absolute Gasteiger partial charge is 0.414 e. The van der Waals surface area contributed by atoms with Crippen molar-refractivity contribution in [3.63, 3.8) is 0 Å². The van der Waals surface area contributed by atoms with Crippen molar-refractivity contribution in [3.05, 3.63) is 142 Å². The molecule has 68 heavy (non-hydrogen) atoms. The van der Waals surface area contributed by atoms with E-state index in [1.807, 2.05) is 27.7 Å². The monoisotopic (exact) mass is 938 g/mol. The van der Waals surface area contributed by atoms with Crippen LogP contribution < -0.4 is 29.2 Å². The number of halogens is 2. The van der Waals surface area contributed by atoms with Crippen LogP contribution in [0.4, 0.5) is 25.0 Å². The van der Waals surface area contributed by atoms with Gasteiger partial charge in [-0.3, -0.25) is 9.69 Å². The molecule has 1 aliphatic heterocycles. The van der Waals surface area contributed by atoms with Gasteiger partial charge in [0.15, 0.2) is 19.5 Å². The van der Waals surface area contributed by atoms with E-state index in [0.717, 1.165) is 40.2 Å². The molecule has 5 aromatic carbocycles. The third-order valence-electron chi connectivity index (χ3n) is 11.5. The van der Waals surface area contributed by atoms with Gasteiger partial charge >= 0.3 is 12.1 Å². The highest BCUT2D eigenvalue weighted by atomic mass is 19.1. The van der Waals surface area contributed by atoms with Crippen LogP contribution in [0.2, 0.25) is 0 Å². The van der Waals surface area contributed by atoms with Gasteiger partial charge in [0.2, 0.25) is 0 Å². The topological polar surface area (TPSA) is 140 Å². The van der Waals surface area contributed by atoms with Gasteiger partial charge in [0.25, 0.3) is 5.91 Å². The predicted molar refractivity (Wildman–Crippen MR) is 253 cm³/mol. The Labute approximate surface area is 396 Å². The van der Waals surface area contributed by atoms with E-state index in [0.29, 0.717) is 46.0 Å². The summed E-state index contributed by atoms with van der Waals surface area (Å²) in [7, 11) is 4.38. The molecule has 0 radical (unpaired) electrons. The first-order valence-electron chi connectivity index (χ1n) is 22.2. The minimum atomic E-state index is -1.10. The first kappa shape index (κ1) is 50.7. The molecule has 6 rings (SSSR count). The van der Waals surface area contributed by atoms with Gasteiger partial charge in [-0.1, -0.05) is 36.4 Å². The third kappa shape index (κ3) is 12.8. The van der Waals surface area contributed by atoms with Gasteiger partial charge in [0.1, 0.15) is 58.5 Å². The second-order valence-corrected chi connectivity index (χ2v) is 17.9. The lowest BCUT2D eigenvalue weighted by molar-refractivity contribution is -0.156. The second-order valence-electron chi connectivity index (χ2n) is 17.9. The predicted octanol–water partition coefficient (Wildman–Crippen LogP) is 10.3. The van der Waals surface area contributed by atoms with Crippen molar-refractivity contribution >= 4 is 29.3 Å². The van der Waals surface area contributed by atoms with Crippen molar-refractivity contribution in [3.8, 4) is 23.0 Å². The molecule has 362 valence electrons. The molecular formula is C53H60F2N2O11. The number of fused-ring (bicyclic) bond motifs is 1. The number of hydrogen-bond acceptors (Lipinski definition) is 11. The lowest BCUT2D eigenvalue weighted by Gasteiger charge is -2.38.